The number of carbonyl (C=O) groups excluding carboxylic acids is 2. The fourth-order valence-electron chi connectivity index (χ4n) is 4.97. The van der Waals surface area contributed by atoms with Gasteiger partial charge in [0.2, 0.25) is 0 Å². The van der Waals surface area contributed by atoms with Gasteiger partial charge < -0.3 is 14.0 Å². The molecule has 2 aromatic heterocycles. The van der Waals surface area contributed by atoms with Crippen LogP contribution < -0.4 is 0 Å². The summed E-state index contributed by atoms with van der Waals surface area (Å²) in [5.41, 5.74) is 2.26. The van der Waals surface area contributed by atoms with Crippen molar-refractivity contribution in [1.82, 2.24) is 9.55 Å². The molecule has 7 heteroatoms. The average Bonchev–Trinajstić information content (AvgIpc) is 3.30. The summed E-state index contributed by atoms with van der Waals surface area (Å²) >= 11 is 0. The number of pyridine rings is 1. The number of ether oxygens (including phenoxy) is 2. The van der Waals surface area contributed by atoms with Gasteiger partial charge in [-0.05, 0) is 49.4 Å². The molecule has 1 saturated carbocycles. The van der Waals surface area contributed by atoms with Gasteiger partial charge in [0.05, 0.1) is 18.1 Å². The molecule has 0 aromatic carbocycles. The summed E-state index contributed by atoms with van der Waals surface area (Å²) < 4.78 is 13.5. The van der Waals surface area contributed by atoms with Crippen LogP contribution in [-0.4, -0.2) is 40.2 Å². The van der Waals surface area contributed by atoms with Gasteiger partial charge in [-0.25, -0.2) is 4.79 Å². The minimum atomic E-state index is -0.614. The highest BCUT2D eigenvalue weighted by Gasteiger charge is 2.49. The average molecular weight is 450 g/mol. The van der Waals surface area contributed by atoms with E-state index >= 15 is 0 Å². The number of aliphatic imine (C=N–C) groups is 1. The van der Waals surface area contributed by atoms with E-state index in [-0.39, 0.29) is 17.8 Å². The van der Waals surface area contributed by atoms with E-state index in [2.05, 4.69) is 18.8 Å². The predicted octanol–water partition coefficient (Wildman–Crippen LogP) is 4.48. The molecule has 0 N–H and O–H groups in total. The number of ketones is 1. The molecule has 174 valence electrons. The van der Waals surface area contributed by atoms with Crippen molar-refractivity contribution in [2.75, 3.05) is 13.2 Å². The van der Waals surface area contributed by atoms with E-state index in [1.54, 1.807) is 19.3 Å². The lowest BCUT2D eigenvalue weighted by atomic mass is 9.63. The summed E-state index contributed by atoms with van der Waals surface area (Å²) in [4.78, 5) is 36.2. The van der Waals surface area contributed by atoms with Gasteiger partial charge in [-0.3, -0.25) is 14.8 Å². The van der Waals surface area contributed by atoms with E-state index < -0.39 is 24.0 Å². The van der Waals surface area contributed by atoms with Crippen molar-refractivity contribution in [3.8, 4) is 0 Å². The highest BCUT2D eigenvalue weighted by molar-refractivity contribution is 6.12. The van der Waals surface area contributed by atoms with E-state index in [4.69, 9.17) is 14.5 Å². The Balaban J connectivity index is 1.99. The number of nitrogens with zero attached hydrogens (tertiary/aromatic N) is 3. The molecule has 0 radical (unpaired) electrons. The lowest BCUT2D eigenvalue weighted by Gasteiger charge is -2.42. The molecule has 4 rings (SSSR count). The van der Waals surface area contributed by atoms with Crippen LogP contribution in [-0.2, 0) is 19.1 Å². The zero-order valence-corrected chi connectivity index (χ0v) is 19.7. The molecule has 0 spiro atoms. The number of hydrogen-bond donors (Lipinski definition) is 0. The summed E-state index contributed by atoms with van der Waals surface area (Å²) in [5, 5.41) is 0. The standard InChI is InChI=1S/C26H31N3O4/c1-5-32-24(29-12-7-8-13-29)23-22(25(31)33-6-2)20(17-10-9-11-27-16-17)21-18(28-23)14-26(3,4)15-19(21)30/h7-13,16,20-21,24H,5-6,14-15H2,1-4H3. The maximum Gasteiger partial charge on any atom is 0.336 e. The van der Waals surface area contributed by atoms with Crippen molar-refractivity contribution >= 4 is 17.5 Å². The molecule has 3 atom stereocenters. The first-order valence-corrected chi connectivity index (χ1v) is 11.5. The van der Waals surface area contributed by atoms with Crippen LogP contribution in [0, 0.1) is 11.3 Å². The van der Waals surface area contributed by atoms with Crippen LogP contribution in [0.25, 0.3) is 0 Å². The van der Waals surface area contributed by atoms with Crippen LogP contribution >= 0.6 is 0 Å². The molecule has 1 aliphatic carbocycles. The van der Waals surface area contributed by atoms with Gasteiger partial charge in [0.25, 0.3) is 0 Å². The molecule has 3 unspecified atom stereocenters. The SMILES string of the molecule is CCOC(=O)C1=C(C(OCC)n2cccc2)N=C2CC(C)(C)CC(=O)C2C1c1cccnc1. The molecule has 3 heterocycles. The van der Waals surface area contributed by atoms with Crippen LogP contribution in [0.15, 0.2) is 65.3 Å². The van der Waals surface area contributed by atoms with E-state index in [0.29, 0.717) is 30.7 Å². The molecule has 2 aliphatic rings. The minimum Gasteiger partial charge on any atom is -0.463 e. The second kappa shape index (κ2) is 9.43. The van der Waals surface area contributed by atoms with Crippen molar-refractivity contribution in [2.45, 2.75) is 52.7 Å². The Morgan fingerprint density at radius 2 is 1.91 bits per heavy atom. The number of carbonyl (C=O) groups is 2. The number of Topliss-reactive ketones (excluding diaryl/α,β-unsaturated/α-hetero) is 1. The van der Waals surface area contributed by atoms with Crippen LogP contribution in [0.1, 0.15) is 58.2 Å². The van der Waals surface area contributed by atoms with Gasteiger partial charge >= 0.3 is 5.97 Å². The van der Waals surface area contributed by atoms with Crippen LogP contribution in [0.4, 0.5) is 0 Å². The predicted molar refractivity (Wildman–Crippen MR) is 125 cm³/mol. The Morgan fingerprint density at radius 1 is 1.15 bits per heavy atom. The molecule has 2 aromatic rings. The van der Waals surface area contributed by atoms with Gasteiger partial charge in [0, 0.05) is 49.4 Å². The third-order valence-electron chi connectivity index (χ3n) is 6.20. The van der Waals surface area contributed by atoms with Crippen molar-refractivity contribution in [3.63, 3.8) is 0 Å². The molecule has 1 fully saturated rings. The van der Waals surface area contributed by atoms with E-state index in [9.17, 15) is 9.59 Å². The summed E-state index contributed by atoms with van der Waals surface area (Å²) in [6.45, 7) is 8.50. The molecular weight excluding hydrogens is 418 g/mol. The van der Waals surface area contributed by atoms with Crippen LogP contribution in [0.2, 0.25) is 0 Å². The topological polar surface area (TPSA) is 82.8 Å². The van der Waals surface area contributed by atoms with E-state index in [1.165, 1.54) is 0 Å². The molecule has 0 bridgehead atoms. The first-order chi connectivity index (χ1) is 15.9. The van der Waals surface area contributed by atoms with Gasteiger partial charge in [-0.15, -0.1) is 0 Å². The number of rotatable bonds is 7. The maximum atomic E-state index is 13.5. The summed E-state index contributed by atoms with van der Waals surface area (Å²) in [6, 6.07) is 7.55. The normalized spacial score (nSPS) is 23.0. The fraction of sp³-hybridized carbons (Fsp3) is 0.462. The number of aromatic nitrogens is 2. The summed E-state index contributed by atoms with van der Waals surface area (Å²) in [7, 11) is 0. The lowest BCUT2D eigenvalue weighted by Crippen LogP contribution is -2.44. The van der Waals surface area contributed by atoms with Crippen molar-refractivity contribution < 1.29 is 19.1 Å². The third kappa shape index (κ3) is 4.55. The number of esters is 1. The fourth-order valence-corrected chi connectivity index (χ4v) is 4.97. The zero-order valence-electron chi connectivity index (χ0n) is 19.7. The first kappa shape index (κ1) is 23.1. The van der Waals surface area contributed by atoms with Crippen molar-refractivity contribution in [2.24, 2.45) is 16.3 Å². The monoisotopic (exact) mass is 449 g/mol. The Morgan fingerprint density at radius 3 is 2.55 bits per heavy atom. The van der Waals surface area contributed by atoms with Gasteiger partial charge in [0.1, 0.15) is 11.5 Å². The smallest absolute Gasteiger partial charge is 0.336 e. The lowest BCUT2D eigenvalue weighted by molar-refractivity contribution is -0.139. The first-order valence-electron chi connectivity index (χ1n) is 11.5. The third-order valence-corrected chi connectivity index (χ3v) is 6.20. The summed E-state index contributed by atoms with van der Waals surface area (Å²) in [6.07, 6.45) is 7.68. The minimum absolute atomic E-state index is 0.0913. The van der Waals surface area contributed by atoms with Gasteiger partial charge in [-0.2, -0.15) is 0 Å². The second-order valence-electron chi connectivity index (χ2n) is 9.29. The molecule has 1 aliphatic heterocycles. The van der Waals surface area contributed by atoms with E-state index in [1.807, 2.05) is 48.1 Å². The number of fused-ring (bicyclic) bond motifs is 1. The number of hydrogen-bond acceptors (Lipinski definition) is 6. The molecular formula is C26H31N3O4. The van der Waals surface area contributed by atoms with Gasteiger partial charge in [-0.1, -0.05) is 19.9 Å². The molecule has 0 amide bonds. The largest absolute Gasteiger partial charge is 0.463 e. The highest BCUT2D eigenvalue weighted by Crippen LogP contribution is 2.48. The second-order valence-corrected chi connectivity index (χ2v) is 9.29. The Bertz CT molecular complexity index is 1070. The molecule has 7 nitrogen and oxygen atoms in total. The van der Waals surface area contributed by atoms with Crippen molar-refractivity contribution in [1.29, 1.82) is 0 Å². The Labute approximate surface area is 194 Å². The van der Waals surface area contributed by atoms with Crippen molar-refractivity contribution in [3.05, 3.63) is 65.9 Å². The highest BCUT2D eigenvalue weighted by atomic mass is 16.5. The van der Waals surface area contributed by atoms with Gasteiger partial charge in [0.15, 0.2) is 6.23 Å². The van der Waals surface area contributed by atoms with E-state index in [0.717, 1.165) is 11.3 Å². The quantitative estimate of drug-likeness (QED) is 0.582. The molecule has 0 saturated heterocycles. The van der Waals surface area contributed by atoms with Crippen LogP contribution in [0.3, 0.4) is 0 Å². The molecule has 33 heavy (non-hydrogen) atoms. The summed E-state index contributed by atoms with van der Waals surface area (Å²) in [5.74, 6) is -1.42. The Hall–Kier alpha value is -3.06. The Kier molecular flexibility index (Phi) is 6.61. The maximum absolute atomic E-state index is 13.5. The van der Waals surface area contributed by atoms with Crippen LogP contribution in [0.5, 0.6) is 0 Å². The zero-order chi connectivity index (χ0) is 23.6.